The SMILES string of the molecule is CC.CC.CC.CC.c1ccc(-c2nc3ccccc3nc2-c2ccc(N(c3ccccc3)c3ccc4[nH]c5ccccc5c4c3)cc2)cc1. The smallest absolute Gasteiger partial charge is 0.0973 e. The molecule has 8 rings (SSSR count). The minimum atomic E-state index is 0.873. The average Bonchev–Trinajstić information content (AvgIpc) is 3.60. The Morgan fingerprint density at radius 1 is 0.380 bits per heavy atom. The van der Waals surface area contributed by atoms with Gasteiger partial charge in [0.25, 0.3) is 0 Å². The van der Waals surface area contributed by atoms with Crippen molar-refractivity contribution in [2.75, 3.05) is 4.90 Å². The number of hydrogen-bond donors (Lipinski definition) is 1. The molecule has 4 nitrogen and oxygen atoms in total. The van der Waals surface area contributed by atoms with Crippen LogP contribution >= 0.6 is 0 Å². The van der Waals surface area contributed by atoms with Crippen LogP contribution in [-0.2, 0) is 0 Å². The Bertz CT molecular complexity index is 2180. The predicted molar refractivity (Wildman–Crippen MR) is 220 cm³/mol. The highest BCUT2D eigenvalue weighted by atomic mass is 15.1. The third kappa shape index (κ3) is 7.93. The molecule has 0 saturated heterocycles. The van der Waals surface area contributed by atoms with Gasteiger partial charge >= 0.3 is 0 Å². The largest absolute Gasteiger partial charge is 0.355 e. The summed E-state index contributed by atoms with van der Waals surface area (Å²) >= 11 is 0. The van der Waals surface area contributed by atoms with E-state index in [1.54, 1.807) is 0 Å². The van der Waals surface area contributed by atoms with Gasteiger partial charge in [-0.2, -0.15) is 0 Å². The maximum absolute atomic E-state index is 5.09. The highest BCUT2D eigenvalue weighted by Crippen LogP contribution is 2.39. The summed E-state index contributed by atoms with van der Waals surface area (Å²) in [6.07, 6.45) is 0. The van der Waals surface area contributed by atoms with Crippen molar-refractivity contribution in [1.29, 1.82) is 0 Å². The maximum Gasteiger partial charge on any atom is 0.0973 e. The van der Waals surface area contributed by atoms with E-state index in [9.17, 15) is 0 Å². The molecular formula is C46H50N4. The molecule has 2 aromatic heterocycles. The first-order valence-electron chi connectivity index (χ1n) is 18.1. The van der Waals surface area contributed by atoms with Crippen molar-refractivity contribution in [1.82, 2.24) is 15.0 Å². The van der Waals surface area contributed by atoms with E-state index in [4.69, 9.17) is 9.97 Å². The lowest BCUT2D eigenvalue weighted by Gasteiger charge is -2.26. The van der Waals surface area contributed by atoms with Gasteiger partial charge in [0.05, 0.1) is 22.4 Å². The van der Waals surface area contributed by atoms with E-state index in [-0.39, 0.29) is 0 Å². The van der Waals surface area contributed by atoms with Crippen LogP contribution in [0.4, 0.5) is 17.1 Å². The number of rotatable bonds is 5. The van der Waals surface area contributed by atoms with Crippen LogP contribution in [-0.4, -0.2) is 15.0 Å². The molecule has 0 aliphatic carbocycles. The third-order valence-electron chi connectivity index (χ3n) is 7.78. The van der Waals surface area contributed by atoms with Crippen LogP contribution in [0.3, 0.4) is 0 Å². The van der Waals surface area contributed by atoms with E-state index in [1.165, 1.54) is 10.8 Å². The molecule has 0 bridgehead atoms. The van der Waals surface area contributed by atoms with Crippen molar-refractivity contribution in [3.63, 3.8) is 0 Å². The van der Waals surface area contributed by atoms with Gasteiger partial charge in [0, 0.05) is 50.0 Å². The van der Waals surface area contributed by atoms with E-state index < -0.39 is 0 Å². The molecular weight excluding hydrogens is 609 g/mol. The van der Waals surface area contributed by atoms with Gasteiger partial charge in [0.2, 0.25) is 0 Å². The lowest BCUT2D eigenvalue weighted by Crippen LogP contribution is -2.09. The van der Waals surface area contributed by atoms with Crippen molar-refractivity contribution >= 4 is 49.9 Å². The predicted octanol–water partition coefficient (Wildman–Crippen LogP) is 14.2. The van der Waals surface area contributed by atoms with Gasteiger partial charge in [-0.15, -0.1) is 0 Å². The van der Waals surface area contributed by atoms with E-state index in [2.05, 4.69) is 119 Å². The monoisotopic (exact) mass is 658 g/mol. The van der Waals surface area contributed by atoms with Crippen LogP contribution in [0.5, 0.6) is 0 Å². The van der Waals surface area contributed by atoms with Gasteiger partial charge in [-0.1, -0.05) is 146 Å². The molecule has 0 saturated carbocycles. The van der Waals surface area contributed by atoms with Crippen LogP contribution in [0.1, 0.15) is 55.4 Å². The fourth-order valence-electron chi connectivity index (χ4n) is 5.77. The number of fused-ring (bicyclic) bond motifs is 4. The number of anilines is 3. The van der Waals surface area contributed by atoms with Crippen LogP contribution in [0, 0.1) is 0 Å². The number of H-pyrrole nitrogens is 1. The van der Waals surface area contributed by atoms with Gasteiger partial charge in [0.15, 0.2) is 0 Å². The molecule has 0 spiro atoms. The summed E-state index contributed by atoms with van der Waals surface area (Å²) in [5, 5.41) is 2.43. The average molecular weight is 659 g/mol. The number of aromatic nitrogens is 3. The number of benzene rings is 6. The number of nitrogens with one attached hydrogen (secondary N) is 1. The zero-order chi connectivity index (χ0) is 35.9. The summed E-state index contributed by atoms with van der Waals surface area (Å²) in [5.74, 6) is 0. The Morgan fingerprint density at radius 3 is 1.42 bits per heavy atom. The first-order valence-corrected chi connectivity index (χ1v) is 18.1. The molecule has 0 unspecified atom stereocenters. The van der Waals surface area contributed by atoms with Crippen LogP contribution in [0.15, 0.2) is 152 Å². The lowest BCUT2D eigenvalue weighted by molar-refractivity contribution is 1.27. The maximum atomic E-state index is 5.09. The van der Waals surface area contributed by atoms with Gasteiger partial charge in [-0.05, 0) is 60.7 Å². The molecule has 2 heterocycles. The molecule has 0 aliphatic rings. The Labute approximate surface area is 298 Å². The lowest BCUT2D eigenvalue weighted by atomic mass is 10.0. The molecule has 50 heavy (non-hydrogen) atoms. The van der Waals surface area contributed by atoms with E-state index in [1.807, 2.05) is 97.9 Å². The van der Waals surface area contributed by atoms with Gasteiger partial charge < -0.3 is 9.88 Å². The summed E-state index contributed by atoms with van der Waals surface area (Å²) in [7, 11) is 0. The summed E-state index contributed by atoms with van der Waals surface area (Å²) in [6, 6.07) is 52.6. The molecule has 254 valence electrons. The second kappa shape index (κ2) is 18.7. The fraction of sp³-hybridized carbons (Fsp3) is 0.174. The summed E-state index contributed by atoms with van der Waals surface area (Å²) in [5.41, 5.74) is 11.1. The van der Waals surface area contributed by atoms with Gasteiger partial charge in [0.1, 0.15) is 0 Å². The van der Waals surface area contributed by atoms with E-state index in [0.29, 0.717) is 0 Å². The second-order valence-corrected chi connectivity index (χ2v) is 10.4. The standard InChI is InChI=1S/C38H26N4.4C2H6/c1-3-11-26(12-4-1)37-38(41-36-18-10-9-17-35(36)40-37)27-19-21-29(22-20-27)42(28-13-5-2-6-14-28)30-23-24-34-32(25-30)31-15-7-8-16-33(31)39-34;4*1-2/h1-25,39H;4*1-2H3. The molecule has 0 fully saturated rings. The van der Waals surface area contributed by atoms with Crippen LogP contribution in [0.2, 0.25) is 0 Å². The topological polar surface area (TPSA) is 44.8 Å². The zero-order valence-electron chi connectivity index (χ0n) is 30.8. The summed E-state index contributed by atoms with van der Waals surface area (Å²) in [4.78, 5) is 16.0. The third-order valence-corrected chi connectivity index (χ3v) is 7.78. The van der Waals surface area contributed by atoms with E-state index >= 15 is 0 Å². The molecule has 1 N–H and O–H groups in total. The van der Waals surface area contributed by atoms with Crippen molar-refractivity contribution < 1.29 is 0 Å². The zero-order valence-corrected chi connectivity index (χ0v) is 30.8. The van der Waals surface area contributed by atoms with Crippen molar-refractivity contribution in [3.05, 3.63) is 152 Å². The highest BCUT2D eigenvalue weighted by Gasteiger charge is 2.17. The molecule has 0 atom stereocenters. The summed E-state index contributed by atoms with van der Waals surface area (Å²) < 4.78 is 0. The first-order chi connectivity index (χ1) is 24.8. The Kier molecular flexibility index (Phi) is 13.9. The van der Waals surface area contributed by atoms with Crippen molar-refractivity contribution in [2.45, 2.75) is 55.4 Å². The van der Waals surface area contributed by atoms with E-state index in [0.717, 1.165) is 61.6 Å². The summed E-state index contributed by atoms with van der Waals surface area (Å²) in [6.45, 7) is 16.0. The number of hydrogen-bond acceptors (Lipinski definition) is 3. The highest BCUT2D eigenvalue weighted by molar-refractivity contribution is 6.08. The number of aromatic amines is 1. The molecule has 6 aromatic carbocycles. The molecule has 0 amide bonds. The van der Waals surface area contributed by atoms with Crippen LogP contribution in [0.25, 0.3) is 55.4 Å². The van der Waals surface area contributed by atoms with Gasteiger partial charge in [-0.25, -0.2) is 9.97 Å². The minimum Gasteiger partial charge on any atom is -0.355 e. The van der Waals surface area contributed by atoms with Gasteiger partial charge in [-0.3, -0.25) is 0 Å². The Hall–Kier alpha value is -5.74. The fourth-order valence-corrected chi connectivity index (χ4v) is 5.77. The number of para-hydroxylation sites is 4. The number of nitrogens with zero attached hydrogens (tertiary/aromatic N) is 3. The van der Waals surface area contributed by atoms with Crippen LogP contribution < -0.4 is 4.90 Å². The Balaban J connectivity index is 0.000000658. The van der Waals surface area contributed by atoms with Crippen molar-refractivity contribution in [3.8, 4) is 22.5 Å². The minimum absolute atomic E-state index is 0.873. The van der Waals surface area contributed by atoms with Crippen molar-refractivity contribution in [2.24, 2.45) is 0 Å². The second-order valence-electron chi connectivity index (χ2n) is 10.4. The quantitative estimate of drug-likeness (QED) is 0.200. The molecule has 0 aliphatic heterocycles. The Morgan fingerprint density at radius 2 is 0.820 bits per heavy atom. The molecule has 8 aromatic rings. The molecule has 4 heteroatoms. The molecule has 0 radical (unpaired) electrons. The normalized spacial score (nSPS) is 10.0. The first kappa shape index (κ1) is 37.1.